The second-order valence-corrected chi connectivity index (χ2v) is 13.7. The van der Waals surface area contributed by atoms with Crippen molar-refractivity contribution in [3.8, 4) is 5.75 Å². The number of rotatable bonds is 14. The number of nitrogens with zero attached hydrogens (tertiary/aromatic N) is 2. The summed E-state index contributed by atoms with van der Waals surface area (Å²) in [6.45, 7) is 5.04. The third kappa shape index (κ3) is 9.47. The number of halogens is 3. The predicted molar refractivity (Wildman–Crippen MR) is 183 cm³/mol. The van der Waals surface area contributed by atoms with E-state index >= 15 is 0 Å². The van der Waals surface area contributed by atoms with Crippen LogP contribution in [0, 0.1) is 5.82 Å². The molecule has 0 radical (unpaired) electrons. The minimum absolute atomic E-state index is 0.0642. The molecule has 248 valence electrons. The Labute approximate surface area is 285 Å². The topological polar surface area (TPSA) is 96.0 Å². The molecule has 1 unspecified atom stereocenters. The molecule has 1 N–H and O–H groups in total. The van der Waals surface area contributed by atoms with Gasteiger partial charge >= 0.3 is 0 Å². The third-order valence-electron chi connectivity index (χ3n) is 7.16. The van der Waals surface area contributed by atoms with Crippen LogP contribution < -0.4 is 14.4 Å². The van der Waals surface area contributed by atoms with E-state index < -0.39 is 40.2 Å². The summed E-state index contributed by atoms with van der Waals surface area (Å²) < 4.78 is 48.6. The van der Waals surface area contributed by atoms with Crippen LogP contribution in [0.15, 0.2) is 102 Å². The molecule has 2 amide bonds. The molecule has 1 atom stereocenters. The van der Waals surface area contributed by atoms with Crippen LogP contribution in [0.4, 0.5) is 10.1 Å². The molecule has 0 aliphatic carbocycles. The van der Waals surface area contributed by atoms with E-state index in [0.717, 1.165) is 22.0 Å². The van der Waals surface area contributed by atoms with Crippen LogP contribution in [-0.2, 0) is 32.6 Å². The minimum Gasteiger partial charge on any atom is -0.494 e. The summed E-state index contributed by atoms with van der Waals surface area (Å²) in [5, 5.41) is 3.48. The monoisotopic (exact) mass is 699 g/mol. The van der Waals surface area contributed by atoms with Crippen molar-refractivity contribution >= 4 is 50.7 Å². The van der Waals surface area contributed by atoms with Gasteiger partial charge in [0.05, 0.1) is 27.2 Å². The third-order valence-corrected chi connectivity index (χ3v) is 9.68. The Morgan fingerprint density at radius 1 is 0.872 bits per heavy atom. The van der Waals surface area contributed by atoms with Crippen LogP contribution in [-0.4, -0.2) is 50.4 Å². The second-order valence-electron chi connectivity index (χ2n) is 11.0. The zero-order chi connectivity index (χ0) is 34.1. The van der Waals surface area contributed by atoms with Gasteiger partial charge in [0.25, 0.3) is 10.0 Å². The Hall–Kier alpha value is -4.12. The molecule has 0 saturated heterocycles. The first kappa shape index (κ1) is 35.7. The second kappa shape index (κ2) is 16.1. The van der Waals surface area contributed by atoms with Crippen molar-refractivity contribution in [1.82, 2.24) is 10.2 Å². The zero-order valence-electron chi connectivity index (χ0n) is 26.2. The largest absolute Gasteiger partial charge is 0.494 e. The lowest BCUT2D eigenvalue weighted by Crippen LogP contribution is -2.54. The lowest BCUT2D eigenvalue weighted by Gasteiger charge is -2.34. The fourth-order valence-electron chi connectivity index (χ4n) is 4.91. The summed E-state index contributed by atoms with van der Waals surface area (Å²) in [6, 6.07) is 23.4. The van der Waals surface area contributed by atoms with Gasteiger partial charge < -0.3 is 15.0 Å². The maximum absolute atomic E-state index is 14.5. The van der Waals surface area contributed by atoms with E-state index in [-0.39, 0.29) is 34.6 Å². The Bertz CT molecular complexity index is 1770. The Kier molecular flexibility index (Phi) is 12.3. The maximum Gasteiger partial charge on any atom is 0.264 e. The average molecular weight is 701 g/mol. The van der Waals surface area contributed by atoms with Gasteiger partial charge in [-0.25, -0.2) is 12.8 Å². The molecule has 0 aliphatic rings. The molecule has 0 bridgehead atoms. The van der Waals surface area contributed by atoms with E-state index in [4.69, 9.17) is 27.9 Å². The highest BCUT2D eigenvalue weighted by Gasteiger charge is 2.35. The first-order chi connectivity index (χ1) is 22.4. The van der Waals surface area contributed by atoms with Gasteiger partial charge in [-0.1, -0.05) is 59.6 Å². The number of hydrogen-bond acceptors (Lipinski definition) is 5. The Morgan fingerprint density at radius 3 is 2.13 bits per heavy atom. The molecular formula is C35H36Cl2FN3O5S. The van der Waals surface area contributed by atoms with E-state index in [1.165, 1.54) is 41.3 Å². The number of hydrogen-bond donors (Lipinski definition) is 1. The van der Waals surface area contributed by atoms with E-state index in [1.54, 1.807) is 18.2 Å². The fraction of sp³-hybridized carbons (Fsp3) is 0.257. The fourth-order valence-corrected chi connectivity index (χ4v) is 6.64. The van der Waals surface area contributed by atoms with Crippen molar-refractivity contribution in [3.05, 3.63) is 124 Å². The van der Waals surface area contributed by atoms with Crippen molar-refractivity contribution in [2.75, 3.05) is 17.5 Å². The first-order valence-electron chi connectivity index (χ1n) is 15.0. The van der Waals surface area contributed by atoms with Crippen LogP contribution in [0.3, 0.4) is 0 Å². The molecule has 8 nitrogen and oxygen atoms in total. The van der Waals surface area contributed by atoms with Crippen LogP contribution in [0.2, 0.25) is 10.0 Å². The number of nitrogens with one attached hydrogen (secondary N) is 1. The minimum atomic E-state index is -4.37. The summed E-state index contributed by atoms with van der Waals surface area (Å²) in [7, 11) is -4.37. The quantitative estimate of drug-likeness (QED) is 0.155. The maximum atomic E-state index is 14.5. The van der Waals surface area contributed by atoms with Gasteiger partial charge in [0.15, 0.2) is 0 Å². The first-order valence-corrected chi connectivity index (χ1v) is 17.2. The van der Waals surface area contributed by atoms with Crippen LogP contribution in [0.25, 0.3) is 0 Å². The lowest BCUT2D eigenvalue weighted by molar-refractivity contribution is -0.140. The Balaban J connectivity index is 1.80. The highest BCUT2D eigenvalue weighted by Crippen LogP contribution is 2.28. The predicted octanol–water partition coefficient (Wildman–Crippen LogP) is 6.89. The van der Waals surface area contributed by atoms with Gasteiger partial charge in [-0.15, -0.1) is 0 Å². The summed E-state index contributed by atoms with van der Waals surface area (Å²) in [4.78, 5) is 29.5. The molecule has 47 heavy (non-hydrogen) atoms. The van der Waals surface area contributed by atoms with E-state index in [1.807, 2.05) is 51.1 Å². The molecular weight excluding hydrogens is 664 g/mol. The van der Waals surface area contributed by atoms with E-state index in [0.29, 0.717) is 22.9 Å². The van der Waals surface area contributed by atoms with Crippen molar-refractivity contribution < 1.29 is 27.1 Å². The van der Waals surface area contributed by atoms with Crippen molar-refractivity contribution in [2.24, 2.45) is 0 Å². The molecule has 12 heteroatoms. The molecule has 0 aromatic heterocycles. The highest BCUT2D eigenvalue weighted by molar-refractivity contribution is 7.92. The molecule has 4 aromatic rings. The molecule has 4 rings (SSSR count). The molecule has 0 heterocycles. The van der Waals surface area contributed by atoms with Crippen molar-refractivity contribution in [1.29, 1.82) is 0 Å². The number of anilines is 1. The summed E-state index contributed by atoms with van der Waals surface area (Å²) in [5.41, 5.74) is 1.43. The van der Waals surface area contributed by atoms with Crippen molar-refractivity contribution in [2.45, 2.75) is 50.7 Å². The SMILES string of the molecule is CCOc1ccc(S(=O)(=O)N(CC(=O)N(Cc2ccc(Cl)c(Cl)c2)C(Cc2ccccc2)C(=O)NC(C)C)c2ccc(F)cc2)cc1. The molecule has 0 spiro atoms. The summed E-state index contributed by atoms with van der Waals surface area (Å²) in [5.74, 6) is -1.19. The number of carbonyl (C=O) groups is 2. The van der Waals surface area contributed by atoms with Crippen molar-refractivity contribution in [3.63, 3.8) is 0 Å². The van der Waals surface area contributed by atoms with Crippen LogP contribution >= 0.6 is 23.2 Å². The van der Waals surface area contributed by atoms with Gasteiger partial charge in [0.1, 0.15) is 24.2 Å². The normalized spacial score (nSPS) is 12.0. The number of carbonyl (C=O) groups excluding carboxylic acids is 2. The number of sulfonamides is 1. The number of amides is 2. The zero-order valence-corrected chi connectivity index (χ0v) is 28.5. The van der Waals surface area contributed by atoms with Gasteiger partial charge in [-0.05, 0) is 92.6 Å². The van der Waals surface area contributed by atoms with Gasteiger partial charge in [-0.2, -0.15) is 0 Å². The molecule has 4 aromatic carbocycles. The molecule has 0 fully saturated rings. The Morgan fingerprint density at radius 2 is 1.53 bits per heavy atom. The lowest BCUT2D eigenvalue weighted by atomic mass is 10.0. The average Bonchev–Trinajstić information content (AvgIpc) is 3.04. The van der Waals surface area contributed by atoms with Gasteiger partial charge in [0.2, 0.25) is 11.8 Å². The van der Waals surface area contributed by atoms with Gasteiger partial charge in [-0.3, -0.25) is 13.9 Å². The molecule has 0 aliphatic heterocycles. The van der Waals surface area contributed by atoms with Gasteiger partial charge in [0, 0.05) is 19.0 Å². The molecule has 0 saturated carbocycles. The standard InChI is InChI=1S/C35H36Cl2FN3O5S/c1-4-46-29-15-17-30(18-16-29)47(44,45)41(28-13-11-27(38)12-14-28)23-34(42)40(22-26-10-19-31(36)32(37)20-26)33(35(43)39-24(2)3)21-25-8-6-5-7-9-25/h5-20,24,33H,4,21-23H2,1-3H3,(H,39,43). The van der Waals surface area contributed by atoms with Crippen LogP contribution in [0.1, 0.15) is 31.9 Å². The smallest absolute Gasteiger partial charge is 0.264 e. The van der Waals surface area contributed by atoms with E-state index in [2.05, 4.69) is 5.32 Å². The number of ether oxygens (including phenoxy) is 1. The highest BCUT2D eigenvalue weighted by atomic mass is 35.5. The summed E-state index contributed by atoms with van der Waals surface area (Å²) >= 11 is 12.5. The van der Waals surface area contributed by atoms with E-state index in [9.17, 15) is 22.4 Å². The number of benzene rings is 4. The van der Waals surface area contributed by atoms with Crippen LogP contribution in [0.5, 0.6) is 5.75 Å². The summed E-state index contributed by atoms with van der Waals surface area (Å²) in [6.07, 6.45) is 0.147.